The van der Waals surface area contributed by atoms with E-state index in [4.69, 9.17) is 16.7 Å². The predicted molar refractivity (Wildman–Crippen MR) is 77.7 cm³/mol. The lowest BCUT2D eigenvalue weighted by Gasteiger charge is -2.27. The molecular formula is C16H15ClO3. The van der Waals surface area contributed by atoms with Gasteiger partial charge >= 0.3 is 5.97 Å². The SMILES string of the molecule is O=C(O)CC(O)(Cc1cccc(Cl)c1)c1ccccc1. The van der Waals surface area contributed by atoms with E-state index in [9.17, 15) is 9.90 Å². The van der Waals surface area contributed by atoms with Crippen molar-refractivity contribution in [3.63, 3.8) is 0 Å². The fraction of sp³-hybridized carbons (Fsp3) is 0.188. The van der Waals surface area contributed by atoms with Crippen molar-refractivity contribution < 1.29 is 15.0 Å². The zero-order valence-corrected chi connectivity index (χ0v) is 11.5. The molecule has 2 N–H and O–H groups in total. The Labute approximate surface area is 122 Å². The summed E-state index contributed by atoms with van der Waals surface area (Å²) in [5, 5.41) is 20.4. The molecule has 2 aromatic carbocycles. The summed E-state index contributed by atoms with van der Waals surface area (Å²) in [5.74, 6) is -1.04. The summed E-state index contributed by atoms with van der Waals surface area (Å²) < 4.78 is 0. The summed E-state index contributed by atoms with van der Waals surface area (Å²) in [4.78, 5) is 11.1. The van der Waals surface area contributed by atoms with Crippen LogP contribution in [-0.4, -0.2) is 16.2 Å². The number of rotatable bonds is 5. The molecule has 0 saturated heterocycles. The Balaban J connectivity index is 2.35. The molecule has 4 heteroatoms. The van der Waals surface area contributed by atoms with Crippen LogP contribution in [0.25, 0.3) is 0 Å². The maximum Gasteiger partial charge on any atom is 0.306 e. The highest BCUT2D eigenvalue weighted by atomic mass is 35.5. The van der Waals surface area contributed by atoms with Gasteiger partial charge in [0, 0.05) is 11.4 Å². The lowest BCUT2D eigenvalue weighted by Crippen LogP contribution is -2.31. The largest absolute Gasteiger partial charge is 0.481 e. The summed E-state index contributed by atoms with van der Waals surface area (Å²) in [7, 11) is 0. The number of halogens is 1. The molecular weight excluding hydrogens is 276 g/mol. The second-order valence-electron chi connectivity index (χ2n) is 4.77. The number of benzene rings is 2. The molecule has 0 bridgehead atoms. The van der Waals surface area contributed by atoms with Crippen LogP contribution in [0.2, 0.25) is 5.02 Å². The van der Waals surface area contributed by atoms with Crippen molar-refractivity contribution in [1.82, 2.24) is 0 Å². The van der Waals surface area contributed by atoms with E-state index in [1.807, 2.05) is 12.1 Å². The van der Waals surface area contributed by atoms with Crippen molar-refractivity contribution in [3.05, 3.63) is 70.7 Å². The van der Waals surface area contributed by atoms with Crippen LogP contribution in [0.3, 0.4) is 0 Å². The quantitative estimate of drug-likeness (QED) is 0.889. The van der Waals surface area contributed by atoms with Crippen molar-refractivity contribution in [3.8, 4) is 0 Å². The van der Waals surface area contributed by atoms with Gasteiger partial charge in [-0.2, -0.15) is 0 Å². The Kier molecular flexibility index (Phi) is 4.42. The van der Waals surface area contributed by atoms with E-state index in [2.05, 4.69) is 0 Å². The smallest absolute Gasteiger partial charge is 0.306 e. The Morgan fingerprint density at radius 1 is 1.10 bits per heavy atom. The monoisotopic (exact) mass is 290 g/mol. The Bertz CT molecular complexity index is 598. The highest BCUT2D eigenvalue weighted by Gasteiger charge is 2.32. The summed E-state index contributed by atoms with van der Waals surface area (Å²) in [5.41, 5.74) is -0.0647. The second-order valence-corrected chi connectivity index (χ2v) is 5.21. The lowest BCUT2D eigenvalue weighted by atomic mass is 9.84. The van der Waals surface area contributed by atoms with Crippen LogP contribution in [0.4, 0.5) is 0 Å². The van der Waals surface area contributed by atoms with Gasteiger partial charge in [0.25, 0.3) is 0 Å². The average Bonchev–Trinajstić information content (AvgIpc) is 2.38. The van der Waals surface area contributed by atoms with Gasteiger partial charge in [-0.3, -0.25) is 4.79 Å². The topological polar surface area (TPSA) is 57.5 Å². The molecule has 3 nitrogen and oxygen atoms in total. The molecule has 0 aliphatic carbocycles. The number of carboxylic acids is 1. The minimum atomic E-state index is -1.45. The molecule has 0 radical (unpaired) electrons. The zero-order valence-electron chi connectivity index (χ0n) is 10.8. The van der Waals surface area contributed by atoms with Crippen molar-refractivity contribution >= 4 is 17.6 Å². The Hall–Kier alpha value is -1.84. The standard InChI is InChI=1S/C16H15ClO3/c17-14-8-4-5-12(9-14)10-16(20,11-15(18)19)13-6-2-1-3-7-13/h1-9,20H,10-11H2,(H,18,19). The number of aliphatic carboxylic acids is 1. The van der Waals surface area contributed by atoms with Crippen LogP contribution in [0.15, 0.2) is 54.6 Å². The Morgan fingerprint density at radius 3 is 2.40 bits per heavy atom. The van der Waals surface area contributed by atoms with Crippen LogP contribution in [0, 0.1) is 0 Å². The molecule has 0 fully saturated rings. The van der Waals surface area contributed by atoms with Gasteiger partial charge in [-0.1, -0.05) is 54.1 Å². The molecule has 2 rings (SSSR count). The third kappa shape index (κ3) is 3.59. The van der Waals surface area contributed by atoms with Crippen LogP contribution in [0.5, 0.6) is 0 Å². The number of hydrogen-bond donors (Lipinski definition) is 2. The summed E-state index contributed by atoms with van der Waals surface area (Å²) in [6.45, 7) is 0. The number of hydrogen-bond acceptors (Lipinski definition) is 2. The molecule has 0 aliphatic heterocycles. The minimum absolute atomic E-state index is 0.198. The van der Waals surface area contributed by atoms with Crippen LogP contribution in [0.1, 0.15) is 17.5 Å². The van der Waals surface area contributed by atoms with Crippen LogP contribution in [-0.2, 0) is 16.8 Å². The first-order chi connectivity index (χ1) is 9.49. The van der Waals surface area contributed by atoms with Crippen molar-refractivity contribution in [1.29, 1.82) is 0 Å². The van der Waals surface area contributed by atoms with E-state index < -0.39 is 11.6 Å². The summed E-state index contributed by atoms with van der Waals surface area (Å²) >= 11 is 5.93. The minimum Gasteiger partial charge on any atom is -0.481 e. The number of aliphatic hydroxyl groups is 1. The first-order valence-electron chi connectivity index (χ1n) is 6.24. The molecule has 1 unspecified atom stereocenters. The van der Waals surface area contributed by atoms with Gasteiger partial charge in [0.05, 0.1) is 6.42 Å². The second kappa shape index (κ2) is 6.07. The molecule has 0 spiro atoms. The Morgan fingerprint density at radius 2 is 1.80 bits per heavy atom. The van der Waals surface area contributed by atoms with Gasteiger partial charge in [0.2, 0.25) is 0 Å². The zero-order chi connectivity index (χ0) is 14.6. The van der Waals surface area contributed by atoms with Crippen molar-refractivity contribution in [2.75, 3.05) is 0 Å². The molecule has 0 amide bonds. The van der Waals surface area contributed by atoms with E-state index in [-0.39, 0.29) is 12.8 Å². The first-order valence-corrected chi connectivity index (χ1v) is 6.61. The molecule has 0 aromatic heterocycles. The average molecular weight is 291 g/mol. The maximum atomic E-state index is 11.1. The van der Waals surface area contributed by atoms with Crippen molar-refractivity contribution in [2.45, 2.75) is 18.4 Å². The molecule has 20 heavy (non-hydrogen) atoms. The number of carbonyl (C=O) groups is 1. The van der Waals surface area contributed by atoms with E-state index in [0.717, 1.165) is 5.56 Å². The van der Waals surface area contributed by atoms with Gasteiger partial charge in [-0.25, -0.2) is 0 Å². The summed E-state index contributed by atoms with van der Waals surface area (Å²) in [6, 6.07) is 15.9. The third-order valence-electron chi connectivity index (χ3n) is 3.14. The highest BCUT2D eigenvalue weighted by Crippen LogP contribution is 2.30. The molecule has 1 atom stereocenters. The predicted octanol–water partition coefficient (Wildman–Crippen LogP) is 3.25. The van der Waals surface area contributed by atoms with E-state index in [1.165, 1.54) is 0 Å². The van der Waals surface area contributed by atoms with Gasteiger partial charge in [-0.15, -0.1) is 0 Å². The van der Waals surface area contributed by atoms with E-state index >= 15 is 0 Å². The van der Waals surface area contributed by atoms with Crippen LogP contribution >= 0.6 is 11.6 Å². The molecule has 0 aliphatic rings. The van der Waals surface area contributed by atoms with Gasteiger partial charge in [0.1, 0.15) is 5.60 Å². The number of carboxylic acid groups (broad SMARTS) is 1. The first kappa shape index (κ1) is 14.6. The fourth-order valence-electron chi connectivity index (χ4n) is 2.25. The molecule has 104 valence electrons. The van der Waals surface area contributed by atoms with Crippen LogP contribution < -0.4 is 0 Å². The molecule has 2 aromatic rings. The van der Waals surface area contributed by atoms with E-state index in [0.29, 0.717) is 10.6 Å². The highest BCUT2D eigenvalue weighted by molar-refractivity contribution is 6.30. The lowest BCUT2D eigenvalue weighted by molar-refractivity contribution is -0.143. The van der Waals surface area contributed by atoms with Gasteiger partial charge < -0.3 is 10.2 Å². The molecule has 0 heterocycles. The van der Waals surface area contributed by atoms with Gasteiger partial charge in [0.15, 0.2) is 0 Å². The molecule has 0 saturated carbocycles. The van der Waals surface area contributed by atoms with E-state index in [1.54, 1.807) is 42.5 Å². The third-order valence-corrected chi connectivity index (χ3v) is 3.38. The van der Waals surface area contributed by atoms with Crippen molar-refractivity contribution in [2.24, 2.45) is 0 Å². The fourth-order valence-corrected chi connectivity index (χ4v) is 2.46. The summed E-state index contributed by atoms with van der Waals surface area (Å²) in [6.07, 6.45) is -0.159. The maximum absolute atomic E-state index is 11.1. The normalized spacial score (nSPS) is 13.7. The van der Waals surface area contributed by atoms with Gasteiger partial charge in [-0.05, 0) is 23.3 Å².